The van der Waals surface area contributed by atoms with Crippen molar-refractivity contribution >= 4 is 34.7 Å². The number of phenols is 1. The Morgan fingerprint density at radius 1 is 1.14 bits per heavy atom. The maximum absolute atomic E-state index is 14.9. The van der Waals surface area contributed by atoms with Crippen molar-refractivity contribution in [3.63, 3.8) is 0 Å². The van der Waals surface area contributed by atoms with Crippen LogP contribution >= 0.6 is 11.8 Å². The van der Waals surface area contributed by atoms with E-state index in [0.29, 0.717) is 69.4 Å². The smallest absolute Gasteiger partial charge is 0.335 e. The van der Waals surface area contributed by atoms with Crippen LogP contribution in [0.5, 0.6) is 28.7 Å². The molecule has 1 spiro atoms. The maximum Gasteiger partial charge on any atom is 0.335 e. The number of para-hydroxylation sites is 1. The molecule has 2 saturated heterocycles. The minimum Gasteiger partial charge on any atom is -0.504 e. The molecule has 14 nitrogen and oxygen atoms in total. The number of aryl methyl sites for hydroxylation is 1. The molecule has 2 fully saturated rings. The number of carbonyl (C=O) groups is 2. The summed E-state index contributed by atoms with van der Waals surface area (Å²) in [5, 5.41) is 30.7. The van der Waals surface area contributed by atoms with Gasteiger partial charge in [-0.25, -0.2) is 4.79 Å². The lowest BCUT2D eigenvalue weighted by molar-refractivity contribution is -0.156. The largest absolute Gasteiger partial charge is 0.504 e. The molecule has 1 aromatic heterocycles. The number of benzene rings is 3. The van der Waals surface area contributed by atoms with Gasteiger partial charge in [0, 0.05) is 70.6 Å². The predicted octanol–water partition coefficient (Wildman–Crippen LogP) is 4.00. The molecule has 0 aliphatic carbocycles. The Hall–Kier alpha value is -4.98. The van der Waals surface area contributed by atoms with Crippen LogP contribution in [0.15, 0.2) is 34.7 Å². The Balaban J connectivity index is 1.24. The molecule has 290 valence electrons. The van der Waals surface area contributed by atoms with E-state index in [9.17, 15) is 20.0 Å². The first kappa shape index (κ1) is 35.4. The Labute approximate surface area is 326 Å². The number of rotatable bonds is 3. The summed E-state index contributed by atoms with van der Waals surface area (Å²) in [6.07, 6.45) is 1.02. The Bertz CT molecular complexity index is 2410. The van der Waals surface area contributed by atoms with E-state index < -0.39 is 46.9 Å². The third kappa shape index (κ3) is 4.77. The van der Waals surface area contributed by atoms with Gasteiger partial charge in [-0.1, -0.05) is 24.3 Å². The van der Waals surface area contributed by atoms with Gasteiger partial charge in [0.2, 0.25) is 6.79 Å². The third-order valence-electron chi connectivity index (χ3n) is 12.5. The van der Waals surface area contributed by atoms with Gasteiger partial charge in [-0.05, 0) is 43.9 Å². The zero-order chi connectivity index (χ0) is 38.8. The van der Waals surface area contributed by atoms with Crippen molar-refractivity contribution in [1.29, 1.82) is 5.26 Å². The molecule has 8 atom stereocenters. The lowest BCUT2D eigenvalue weighted by Gasteiger charge is -2.59. The summed E-state index contributed by atoms with van der Waals surface area (Å²) in [5.41, 5.74) is 10.8. The Kier molecular flexibility index (Phi) is 8.08. The molecule has 0 amide bonds. The van der Waals surface area contributed by atoms with Crippen LogP contribution < -0.4 is 35.3 Å². The number of thioether (sulfide) groups is 1. The second-order valence-corrected chi connectivity index (χ2v) is 16.6. The molecule has 3 aromatic carbocycles. The summed E-state index contributed by atoms with van der Waals surface area (Å²) < 4.78 is 37.2. The van der Waals surface area contributed by atoms with Crippen LogP contribution in [0.1, 0.15) is 69.0 Å². The van der Waals surface area contributed by atoms with Gasteiger partial charge in [-0.2, -0.15) is 5.26 Å². The van der Waals surface area contributed by atoms with Gasteiger partial charge in [-0.3, -0.25) is 15.0 Å². The molecule has 0 saturated carbocycles. The zero-order valence-corrected chi connectivity index (χ0v) is 32.1. The quantitative estimate of drug-likeness (QED) is 0.172. The molecule has 4 aromatic rings. The second kappa shape index (κ2) is 12.8. The lowest BCUT2D eigenvalue weighted by Crippen LogP contribution is -2.69. The van der Waals surface area contributed by atoms with Gasteiger partial charge >= 0.3 is 11.9 Å². The molecular formula is C41H41N5O9S. The number of hydrogen-bond acceptors (Lipinski definition) is 15. The summed E-state index contributed by atoms with van der Waals surface area (Å²) in [7, 11) is 1.53. The highest BCUT2D eigenvalue weighted by Gasteiger charge is 2.61. The van der Waals surface area contributed by atoms with E-state index in [1.165, 1.54) is 25.8 Å². The first-order valence-electron chi connectivity index (χ1n) is 18.8. The summed E-state index contributed by atoms with van der Waals surface area (Å²) in [6.45, 7) is 5.10. The third-order valence-corrected chi connectivity index (χ3v) is 14.0. The van der Waals surface area contributed by atoms with Gasteiger partial charge < -0.3 is 44.3 Å². The summed E-state index contributed by atoms with van der Waals surface area (Å²) in [5.74, 6) is 1.19. The van der Waals surface area contributed by atoms with Crippen LogP contribution in [0.2, 0.25) is 0 Å². The Morgan fingerprint density at radius 2 is 1.95 bits per heavy atom. The molecule has 5 N–H and O–H groups in total. The minimum atomic E-state index is -1.46. The van der Waals surface area contributed by atoms with E-state index in [2.05, 4.69) is 21.6 Å². The van der Waals surface area contributed by atoms with Gasteiger partial charge in [0.15, 0.2) is 28.5 Å². The van der Waals surface area contributed by atoms with Gasteiger partial charge in [-0.15, -0.1) is 11.8 Å². The SMILES string of the molecule is COc1c(C)cc2c(c1O)[C@H]1N[C@@H](C2)[C@H](C#N)N2[C@H]1[C@@H]1SC[C@]3(N[C@@H](CN)Cc4c3oc3ccccc43)C(=O)OC[C@H]2c2c3c(c(C)c(OC(C)=O)c21)OCO3. The number of piperazine rings is 1. The van der Waals surface area contributed by atoms with Crippen LogP contribution in [0.25, 0.3) is 11.0 Å². The summed E-state index contributed by atoms with van der Waals surface area (Å²) in [4.78, 5) is 30.0. The number of methoxy groups -OCH3 is 1. The van der Waals surface area contributed by atoms with E-state index in [1.807, 2.05) is 44.2 Å². The molecule has 4 bridgehead atoms. The van der Waals surface area contributed by atoms with Gasteiger partial charge in [0.25, 0.3) is 0 Å². The van der Waals surface area contributed by atoms with Crippen LogP contribution in [0.3, 0.4) is 0 Å². The maximum atomic E-state index is 14.9. The molecule has 11 rings (SSSR count). The molecule has 0 radical (unpaired) electrons. The fourth-order valence-electron chi connectivity index (χ4n) is 10.4. The average molecular weight is 780 g/mol. The molecule has 7 aliphatic rings. The normalized spacial score (nSPS) is 29.8. The number of fused-ring (bicyclic) bond motifs is 11. The van der Waals surface area contributed by atoms with E-state index in [4.69, 9.17) is 33.8 Å². The van der Waals surface area contributed by atoms with Crippen molar-refractivity contribution in [2.24, 2.45) is 5.73 Å². The monoisotopic (exact) mass is 779 g/mol. The number of nitrogens with zero attached hydrogens (tertiary/aromatic N) is 2. The first-order valence-corrected chi connectivity index (χ1v) is 19.9. The fraction of sp³-hybridized carbons (Fsp3) is 0.439. The number of esters is 2. The van der Waals surface area contributed by atoms with E-state index >= 15 is 0 Å². The highest BCUT2D eigenvalue weighted by Crippen LogP contribution is 2.63. The lowest BCUT2D eigenvalue weighted by atomic mass is 9.72. The van der Waals surface area contributed by atoms with E-state index in [-0.39, 0.29) is 43.5 Å². The first-order chi connectivity index (χ1) is 27.1. The van der Waals surface area contributed by atoms with Gasteiger partial charge in [0.1, 0.15) is 29.7 Å². The predicted molar refractivity (Wildman–Crippen MR) is 203 cm³/mol. The Morgan fingerprint density at radius 3 is 2.71 bits per heavy atom. The number of hydrogen-bond donors (Lipinski definition) is 4. The standard InChI is InChI=1S/C41H41N5O9S/c1-17-9-20-10-24-25(13-43)46-26-14-51-40(49)41(39-23(11-21(12-42)45-41)22-7-5-6-8-27(22)55-39)15-56-38(32(46)31(44-24)28(20)33(48)34(17)50-4)30-29(26)37-36(52-16-53-37)18(2)35(30)54-19(3)47/h5-9,21,24-26,31-32,38,44-45,48H,10-12,14-16,42H2,1-4H3/t21-,24+,25+,26+,31-,32-,38-,41-/m1/s1. The van der Waals surface area contributed by atoms with Crippen LogP contribution in [0, 0.1) is 25.2 Å². The minimum absolute atomic E-state index is 0.0311. The number of nitrogens with one attached hydrogen (secondary N) is 2. The summed E-state index contributed by atoms with van der Waals surface area (Å²) >= 11 is 1.47. The van der Waals surface area contributed by atoms with E-state index in [1.54, 1.807) is 0 Å². The molecule has 15 heteroatoms. The number of nitrogens with two attached hydrogens (primary N) is 1. The van der Waals surface area contributed by atoms with Crippen molar-refractivity contribution in [3.05, 3.63) is 75.0 Å². The van der Waals surface area contributed by atoms with Crippen molar-refractivity contribution in [2.75, 3.05) is 32.8 Å². The van der Waals surface area contributed by atoms with Crippen LogP contribution in [0.4, 0.5) is 0 Å². The van der Waals surface area contributed by atoms with Crippen molar-refractivity contribution in [2.45, 2.75) is 80.7 Å². The number of furan rings is 1. The summed E-state index contributed by atoms with van der Waals surface area (Å²) in [6, 6.07) is 9.21. The fourth-order valence-corrected chi connectivity index (χ4v) is 12.0. The number of aromatic hydroxyl groups is 1. The molecule has 7 aliphatic heterocycles. The molecule has 56 heavy (non-hydrogen) atoms. The van der Waals surface area contributed by atoms with E-state index in [0.717, 1.165) is 22.1 Å². The molecule has 8 heterocycles. The highest BCUT2D eigenvalue weighted by molar-refractivity contribution is 7.99. The zero-order valence-electron chi connectivity index (χ0n) is 31.3. The highest BCUT2D eigenvalue weighted by atomic mass is 32.2. The van der Waals surface area contributed by atoms with Crippen molar-refractivity contribution in [3.8, 4) is 34.8 Å². The average Bonchev–Trinajstić information content (AvgIpc) is 3.83. The number of phenolic OH excluding ortho intramolecular Hbond substituents is 1. The van der Waals surface area contributed by atoms with Crippen molar-refractivity contribution in [1.82, 2.24) is 15.5 Å². The molecule has 0 unspecified atom stereocenters. The van der Waals surface area contributed by atoms with Crippen LogP contribution in [-0.2, 0) is 32.7 Å². The molecular weight excluding hydrogens is 739 g/mol. The number of ether oxygens (including phenoxy) is 5. The van der Waals surface area contributed by atoms with Gasteiger partial charge in [0.05, 0.1) is 30.5 Å². The second-order valence-electron chi connectivity index (χ2n) is 15.5. The number of nitriles is 1. The van der Waals surface area contributed by atoms with Crippen LogP contribution in [-0.4, -0.2) is 78.9 Å². The number of carbonyl (C=O) groups excluding carboxylic acids is 2. The topological polar surface area (TPSA) is 191 Å². The van der Waals surface area contributed by atoms with Crippen molar-refractivity contribution < 1.29 is 42.8 Å².